The minimum atomic E-state index is -1.42. The van der Waals surface area contributed by atoms with Gasteiger partial charge in [0, 0.05) is 18.9 Å². The lowest BCUT2D eigenvalue weighted by atomic mass is 9.85. The first-order valence-electron chi connectivity index (χ1n) is 9.71. The van der Waals surface area contributed by atoms with Crippen molar-refractivity contribution in [2.24, 2.45) is 5.92 Å². The summed E-state index contributed by atoms with van der Waals surface area (Å²) in [6, 6.07) is 0. The Morgan fingerprint density at radius 3 is 2.73 bits per heavy atom. The van der Waals surface area contributed by atoms with Gasteiger partial charge in [0.1, 0.15) is 24.9 Å². The van der Waals surface area contributed by atoms with Crippen molar-refractivity contribution >= 4 is 17.9 Å². The highest BCUT2D eigenvalue weighted by Gasteiger charge is 2.44. The molecular formula is C22H28O8. The number of aliphatic hydroxyl groups excluding tert-OH is 2. The number of ether oxygens (including phenoxy) is 3. The van der Waals surface area contributed by atoms with E-state index >= 15 is 0 Å². The van der Waals surface area contributed by atoms with E-state index in [-0.39, 0.29) is 17.8 Å². The fourth-order valence-electron chi connectivity index (χ4n) is 3.42. The summed E-state index contributed by atoms with van der Waals surface area (Å²) >= 11 is 0. The van der Waals surface area contributed by atoms with E-state index in [1.165, 1.54) is 6.92 Å². The molecule has 0 radical (unpaired) electrons. The van der Waals surface area contributed by atoms with Gasteiger partial charge < -0.3 is 24.4 Å². The Kier molecular flexibility index (Phi) is 8.14. The van der Waals surface area contributed by atoms with Gasteiger partial charge in [-0.1, -0.05) is 24.8 Å². The Morgan fingerprint density at radius 1 is 1.40 bits per heavy atom. The van der Waals surface area contributed by atoms with Crippen molar-refractivity contribution < 1.29 is 38.8 Å². The van der Waals surface area contributed by atoms with Gasteiger partial charge in [-0.25, -0.2) is 9.59 Å². The molecule has 0 unspecified atom stereocenters. The van der Waals surface area contributed by atoms with Crippen molar-refractivity contribution in [3.05, 3.63) is 47.6 Å². The number of allylic oxidation sites excluding steroid dienone is 1. The highest BCUT2D eigenvalue weighted by molar-refractivity contribution is 5.92. The molecule has 1 heterocycles. The van der Waals surface area contributed by atoms with Gasteiger partial charge in [-0.15, -0.1) is 0 Å². The molecule has 8 nitrogen and oxygen atoms in total. The molecule has 8 heteroatoms. The summed E-state index contributed by atoms with van der Waals surface area (Å²) in [5.74, 6) is -2.71. The second-order valence-corrected chi connectivity index (χ2v) is 7.48. The third kappa shape index (κ3) is 5.90. The molecule has 30 heavy (non-hydrogen) atoms. The topological polar surface area (TPSA) is 119 Å². The normalized spacial score (nSPS) is 28.7. The molecule has 1 aliphatic heterocycles. The van der Waals surface area contributed by atoms with Crippen molar-refractivity contribution in [3.8, 4) is 0 Å². The van der Waals surface area contributed by atoms with E-state index in [1.54, 1.807) is 6.08 Å². The van der Waals surface area contributed by atoms with Crippen LogP contribution in [-0.4, -0.2) is 59.6 Å². The molecule has 0 aromatic heterocycles. The summed E-state index contributed by atoms with van der Waals surface area (Å²) in [6.07, 6.45) is 2.34. The lowest BCUT2D eigenvalue weighted by Crippen LogP contribution is -2.35. The molecule has 1 saturated heterocycles. The molecule has 2 N–H and O–H groups in total. The number of hydrogen-bond donors (Lipinski definition) is 2. The summed E-state index contributed by atoms with van der Waals surface area (Å²) in [7, 11) is 0. The maximum atomic E-state index is 12.6. The summed E-state index contributed by atoms with van der Waals surface area (Å²) in [5.41, 5.74) is 1.55. The molecule has 0 aromatic rings. The van der Waals surface area contributed by atoms with Crippen LogP contribution in [0.1, 0.15) is 33.1 Å². The minimum Gasteiger partial charge on any atom is -0.463 e. The third-order valence-corrected chi connectivity index (χ3v) is 5.11. The maximum absolute atomic E-state index is 12.6. The smallest absolute Gasteiger partial charge is 0.336 e. The molecule has 0 spiro atoms. The molecule has 0 bridgehead atoms. The van der Waals surface area contributed by atoms with Crippen molar-refractivity contribution in [2.75, 3.05) is 13.2 Å². The van der Waals surface area contributed by atoms with E-state index in [1.807, 2.05) is 13.0 Å². The number of rotatable bonds is 6. The van der Waals surface area contributed by atoms with Crippen LogP contribution in [0.2, 0.25) is 0 Å². The fraction of sp³-hybridized carbons (Fsp3) is 0.500. The summed E-state index contributed by atoms with van der Waals surface area (Å²) in [4.78, 5) is 35.7. The zero-order chi connectivity index (χ0) is 22.4. The second kappa shape index (κ2) is 10.4. The van der Waals surface area contributed by atoms with Crippen LogP contribution in [-0.2, 0) is 28.6 Å². The van der Waals surface area contributed by atoms with E-state index in [0.717, 1.165) is 5.57 Å². The van der Waals surface area contributed by atoms with Gasteiger partial charge in [0.15, 0.2) is 0 Å². The highest BCUT2D eigenvalue weighted by atomic mass is 16.6. The van der Waals surface area contributed by atoms with Crippen molar-refractivity contribution in [1.82, 2.24) is 0 Å². The molecule has 4 atom stereocenters. The number of aliphatic hydroxyl groups is 2. The van der Waals surface area contributed by atoms with Crippen LogP contribution in [0.25, 0.3) is 0 Å². The molecule has 1 fully saturated rings. The summed E-state index contributed by atoms with van der Waals surface area (Å²) in [6.45, 7) is 9.81. The van der Waals surface area contributed by atoms with Crippen LogP contribution >= 0.6 is 0 Å². The van der Waals surface area contributed by atoms with E-state index in [0.29, 0.717) is 24.8 Å². The fourth-order valence-corrected chi connectivity index (χ4v) is 3.42. The van der Waals surface area contributed by atoms with Crippen LogP contribution < -0.4 is 0 Å². The van der Waals surface area contributed by atoms with E-state index < -0.39 is 48.7 Å². The van der Waals surface area contributed by atoms with Crippen LogP contribution in [0.5, 0.6) is 0 Å². The van der Waals surface area contributed by atoms with Crippen molar-refractivity contribution in [1.29, 1.82) is 0 Å². The zero-order valence-corrected chi connectivity index (χ0v) is 17.3. The Labute approximate surface area is 175 Å². The molecule has 2 rings (SSSR count). The Balaban J connectivity index is 2.26. The quantitative estimate of drug-likeness (QED) is 0.287. The molecule has 0 saturated carbocycles. The average Bonchev–Trinajstić information content (AvgIpc) is 2.97. The predicted octanol–water partition coefficient (Wildman–Crippen LogP) is 1.53. The van der Waals surface area contributed by atoms with Crippen LogP contribution in [0, 0.1) is 5.92 Å². The molecule has 164 valence electrons. The predicted molar refractivity (Wildman–Crippen MR) is 107 cm³/mol. The number of esters is 3. The van der Waals surface area contributed by atoms with Gasteiger partial charge in [0.05, 0.1) is 18.1 Å². The van der Waals surface area contributed by atoms with Gasteiger partial charge >= 0.3 is 17.9 Å². The Morgan fingerprint density at radius 2 is 2.10 bits per heavy atom. The molecule has 0 aromatic carbocycles. The van der Waals surface area contributed by atoms with Gasteiger partial charge in [-0.05, 0) is 31.4 Å². The number of carbonyl (C=O) groups excluding carboxylic acids is 3. The molecular weight excluding hydrogens is 392 g/mol. The minimum absolute atomic E-state index is 0.172. The van der Waals surface area contributed by atoms with E-state index in [4.69, 9.17) is 14.2 Å². The summed E-state index contributed by atoms with van der Waals surface area (Å²) < 4.78 is 15.7. The summed E-state index contributed by atoms with van der Waals surface area (Å²) in [5, 5.41) is 19.6. The van der Waals surface area contributed by atoms with Gasteiger partial charge in [0.25, 0.3) is 0 Å². The number of carbonyl (C=O) groups is 3. The monoisotopic (exact) mass is 420 g/mol. The number of fused-ring (bicyclic) bond motifs is 1. The lowest BCUT2D eigenvalue weighted by molar-refractivity contribution is -0.151. The van der Waals surface area contributed by atoms with Crippen LogP contribution in [0.4, 0.5) is 0 Å². The Hall–Kier alpha value is -2.71. The largest absolute Gasteiger partial charge is 0.463 e. The molecule has 1 aliphatic carbocycles. The van der Waals surface area contributed by atoms with Crippen LogP contribution in [0.15, 0.2) is 47.6 Å². The molecule has 0 amide bonds. The maximum Gasteiger partial charge on any atom is 0.336 e. The number of hydrogen-bond acceptors (Lipinski definition) is 8. The van der Waals surface area contributed by atoms with Gasteiger partial charge in [0.2, 0.25) is 0 Å². The SMILES string of the molecule is C=C1C(=O)O[C@@H]2/C=C(/CO)CC/C=C(\C)C[C@H](OC(=O)C(=C)[C@H](O)COC(C)=O)[C@@H]12. The Bertz CT molecular complexity index is 791. The van der Waals surface area contributed by atoms with Crippen molar-refractivity contribution in [3.63, 3.8) is 0 Å². The first-order chi connectivity index (χ1) is 14.1. The lowest BCUT2D eigenvalue weighted by Gasteiger charge is -2.28. The van der Waals surface area contributed by atoms with Crippen molar-refractivity contribution in [2.45, 2.75) is 51.4 Å². The second-order valence-electron chi connectivity index (χ2n) is 7.48. The first-order valence-corrected chi connectivity index (χ1v) is 9.71. The first kappa shape index (κ1) is 23.6. The highest BCUT2D eigenvalue weighted by Crippen LogP contribution is 2.36. The van der Waals surface area contributed by atoms with E-state index in [9.17, 15) is 24.6 Å². The van der Waals surface area contributed by atoms with Crippen LogP contribution in [0.3, 0.4) is 0 Å². The third-order valence-electron chi connectivity index (χ3n) is 5.11. The van der Waals surface area contributed by atoms with Gasteiger partial charge in [-0.2, -0.15) is 0 Å². The molecule has 2 aliphatic rings. The standard InChI is InChI=1S/C22H28O8/c1-12-6-5-7-16(10-23)9-19-20(14(3)22(27)30-19)18(8-12)29-21(26)13(2)17(25)11-28-15(4)24/h6,9,17-20,23,25H,2-3,5,7-8,10-11H2,1,4H3/b12-6+,16-9+/t17-,18+,19-,20-/m1/s1. The average molecular weight is 420 g/mol. The van der Waals surface area contributed by atoms with E-state index in [2.05, 4.69) is 13.2 Å². The van der Waals surface area contributed by atoms with Gasteiger partial charge in [-0.3, -0.25) is 4.79 Å². The zero-order valence-electron chi connectivity index (χ0n) is 17.3.